The number of halogens is 4. The summed E-state index contributed by atoms with van der Waals surface area (Å²) in [6.45, 7) is 4.63. The number of anilines is 2. The van der Waals surface area contributed by atoms with Crippen LogP contribution in [0.2, 0.25) is 0 Å². The molecular weight excluding hydrogens is 341 g/mol. The van der Waals surface area contributed by atoms with Gasteiger partial charge in [0, 0.05) is 30.8 Å². The standard InChI is InChI=1S/C16H18F4N3P/c1-3-23(4-2)24(13-7-9(17)5-11(19)15(13)21)14-8-10(18)6-12(20)16(14)22/h5-8H,3-4,21-22H2,1-2H3. The molecule has 0 aliphatic carbocycles. The molecule has 0 fully saturated rings. The van der Waals surface area contributed by atoms with Crippen molar-refractivity contribution in [2.75, 3.05) is 24.6 Å². The van der Waals surface area contributed by atoms with Gasteiger partial charge in [-0.05, 0) is 25.2 Å². The van der Waals surface area contributed by atoms with Crippen LogP contribution in [-0.2, 0) is 0 Å². The van der Waals surface area contributed by atoms with Crippen molar-refractivity contribution < 1.29 is 17.6 Å². The Labute approximate surface area is 139 Å². The second-order valence-corrected chi connectivity index (χ2v) is 7.24. The predicted octanol–water partition coefficient (Wildman–Crippen LogP) is 3.10. The van der Waals surface area contributed by atoms with Crippen LogP contribution in [0.25, 0.3) is 0 Å². The van der Waals surface area contributed by atoms with E-state index in [1.54, 1.807) is 0 Å². The number of benzene rings is 2. The Bertz CT molecular complexity index is 693. The Morgan fingerprint density at radius 3 is 1.50 bits per heavy atom. The van der Waals surface area contributed by atoms with E-state index in [0.29, 0.717) is 25.2 Å². The number of nitrogens with two attached hydrogens (primary N) is 2. The first-order valence-electron chi connectivity index (χ1n) is 7.34. The molecule has 2 rings (SSSR count). The summed E-state index contributed by atoms with van der Waals surface area (Å²) in [5, 5.41) is 0.283. The molecule has 8 heteroatoms. The van der Waals surface area contributed by atoms with Crippen molar-refractivity contribution in [1.29, 1.82) is 0 Å². The molecule has 2 aromatic carbocycles. The van der Waals surface area contributed by atoms with Gasteiger partial charge in [0.05, 0.1) is 11.4 Å². The van der Waals surface area contributed by atoms with Gasteiger partial charge in [-0.1, -0.05) is 13.8 Å². The van der Waals surface area contributed by atoms with Crippen LogP contribution in [0.3, 0.4) is 0 Å². The Morgan fingerprint density at radius 2 is 1.17 bits per heavy atom. The minimum Gasteiger partial charge on any atom is -0.396 e. The van der Waals surface area contributed by atoms with Crippen LogP contribution >= 0.6 is 8.07 Å². The fraction of sp³-hybridized carbons (Fsp3) is 0.250. The SMILES string of the molecule is CCN(CC)P(c1cc(F)cc(F)c1N)c1cc(F)cc(F)c1N. The first-order chi connectivity index (χ1) is 11.3. The summed E-state index contributed by atoms with van der Waals surface area (Å²) in [4.78, 5) is 0. The molecule has 4 N–H and O–H groups in total. The van der Waals surface area contributed by atoms with Crippen LogP contribution in [0, 0.1) is 23.3 Å². The first kappa shape index (κ1) is 18.5. The summed E-state index contributed by atoms with van der Waals surface area (Å²) in [7, 11) is -1.70. The summed E-state index contributed by atoms with van der Waals surface area (Å²) < 4.78 is 57.1. The molecule has 0 saturated carbocycles. The topological polar surface area (TPSA) is 55.3 Å². The van der Waals surface area contributed by atoms with E-state index in [1.807, 2.05) is 18.5 Å². The van der Waals surface area contributed by atoms with E-state index in [1.165, 1.54) is 0 Å². The average Bonchev–Trinajstić information content (AvgIpc) is 2.52. The van der Waals surface area contributed by atoms with Crippen LogP contribution in [0.4, 0.5) is 28.9 Å². The van der Waals surface area contributed by atoms with Gasteiger partial charge < -0.3 is 11.5 Å². The molecule has 0 saturated heterocycles. The molecule has 0 unspecified atom stereocenters. The van der Waals surface area contributed by atoms with Crippen LogP contribution in [0.15, 0.2) is 24.3 Å². The van der Waals surface area contributed by atoms with E-state index in [2.05, 4.69) is 0 Å². The zero-order chi connectivity index (χ0) is 18.0. The smallest absolute Gasteiger partial charge is 0.149 e. The highest BCUT2D eigenvalue weighted by molar-refractivity contribution is 7.71. The van der Waals surface area contributed by atoms with Crippen molar-refractivity contribution >= 4 is 30.1 Å². The summed E-state index contributed by atoms with van der Waals surface area (Å²) in [6, 6.07) is 3.52. The quantitative estimate of drug-likeness (QED) is 0.490. The van der Waals surface area contributed by atoms with Gasteiger partial charge in [0.25, 0.3) is 0 Å². The van der Waals surface area contributed by atoms with Gasteiger partial charge in [0.2, 0.25) is 0 Å². The molecule has 0 aliphatic heterocycles. The lowest BCUT2D eigenvalue weighted by atomic mass is 10.3. The fourth-order valence-corrected chi connectivity index (χ4v) is 5.03. The summed E-state index contributed by atoms with van der Waals surface area (Å²) >= 11 is 0. The van der Waals surface area contributed by atoms with Crippen molar-refractivity contribution in [1.82, 2.24) is 4.67 Å². The van der Waals surface area contributed by atoms with Gasteiger partial charge in [-0.15, -0.1) is 0 Å². The molecule has 130 valence electrons. The third kappa shape index (κ3) is 3.47. The third-order valence-corrected chi connectivity index (χ3v) is 6.40. The number of rotatable bonds is 5. The van der Waals surface area contributed by atoms with Gasteiger partial charge in [-0.2, -0.15) is 0 Å². The molecule has 0 aliphatic rings. The molecule has 0 heterocycles. The van der Waals surface area contributed by atoms with Crippen LogP contribution < -0.4 is 22.1 Å². The Balaban J connectivity index is 2.77. The first-order valence-corrected chi connectivity index (χ1v) is 8.63. The maximum Gasteiger partial charge on any atom is 0.149 e. The highest BCUT2D eigenvalue weighted by Gasteiger charge is 2.28. The predicted molar refractivity (Wildman–Crippen MR) is 90.6 cm³/mol. The highest BCUT2D eigenvalue weighted by atomic mass is 31.1. The van der Waals surface area contributed by atoms with Crippen molar-refractivity contribution in [3.05, 3.63) is 47.5 Å². The van der Waals surface area contributed by atoms with Gasteiger partial charge in [-0.3, -0.25) is 4.67 Å². The molecule has 0 radical (unpaired) electrons. The minimum atomic E-state index is -1.70. The van der Waals surface area contributed by atoms with Crippen molar-refractivity contribution in [2.24, 2.45) is 0 Å². The van der Waals surface area contributed by atoms with Crippen molar-refractivity contribution in [3.8, 4) is 0 Å². The van der Waals surface area contributed by atoms with Gasteiger partial charge in [0.1, 0.15) is 23.3 Å². The van der Waals surface area contributed by atoms with E-state index in [-0.39, 0.29) is 22.0 Å². The summed E-state index contributed by atoms with van der Waals surface area (Å²) in [6.07, 6.45) is 0. The molecule has 0 aromatic heterocycles. The summed E-state index contributed by atoms with van der Waals surface area (Å²) in [5.74, 6) is -3.46. The minimum absolute atomic E-state index is 0.142. The molecular formula is C16H18F4N3P. The lowest BCUT2D eigenvalue weighted by molar-refractivity contribution is 0.513. The lowest BCUT2D eigenvalue weighted by Gasteiger charge is -2.32. The molecule has 3 nitrogen and oxygen atoms in total. The van der Waals surface area contributed by atoms with Crippen molar-refractivity contribution in [2.45, 2.75) is 13.8 Å². The average molecular weight is 359 g/mol. The number of hydrogen-bond acceptors (Lipinski definition) is 3. The van der Waals surface area contributed by atoms with E-state index in [0.717, 1.165) is 12.1 Å². The largest absolute Gasteiger partial charge is 0.396 e. The van der Waals surface area contributed by atoms with Crippen molar-refractivity contribution in [3.63, 3.8) is 0 Å². The molecule has 24 heavy (non-hydrogen) atoms. The van der Waals surface area contributed by atoms with Crippen LogP contribution in [-0.4, -0.2) is 17.8 Å². The Hall–Kier alpha value is -1.85. The Morgan fingerprint density at radius 1 is 0.792 bits per heavy atom. The fourth-order valence-electron chi connectivity index (χ4n) is 2.43. The maximum atomic E-state index is 13.9. The van der Waals surface area contributed by atoms with E-state index < -0.39 is 31.3 Å². The van der Waals surface area contributed by atoms with Gasteiger partial charge in [0.15, 0.2) is 0 Å². The highest BCUT2D eigenvalue weighted by Crippen LogP contribution is 2.42. The van der Waals surface area contributed by atoms with E-state index in [4.69, 9.17) is 11.5 Å². The maximum absolute atomic E-state index is 13.9. The monoisotopic (exact) mass is 359 g/mol. The van der Waals surface area contributed by atoms with Crippen LogP contribution in [0.1, 0.15) is 13.8 Å². The molecule has 0 atom stereocenters. The molecule has 0 bridgehead atoms. The number of nitrogens with zero attached hydrogens (tertiary/aromatic N) is 1. The third-order valence-electron chi connectivity index (χ3n) is 3.61. The number of hydrogen-bond donors (Lipinski definition) is 2. The Kier molecular flexibility index (Phi) is 5.67. The zero-order valence-corrected chi connectivity index (χ0v) is 14.2. The van der Waals surface area contributed by atoms with E-state index >= 15 is 0 Å². The normalized spacial score (nSPS) is 11.5. The van der Waals surface area contributed by atoms with E-state index in [9.17, 15) is 17.6 Å². The number of nitrogen functional groups attached to an aromatic ring is 2. The van der Waals surface area contributed by atoms with Gasteiger partial charge in [-0.25, -0.2) is 17.6 Å². The zero-order valence-electron chi connectivity index (χ0n) is 13.3. The molecule has 2 aromatic rings. The van der Waals surface area contributed by atoms with Gasteiger partial charge >= 0.3 is 0 Å². The summed E-state index contributed by atoms with van der Waals surface area (Å²) in [5.41, 5.74) is 11.1. The lowest BCUT2D eigenvalue weighted by Crippen LogP contribution is -2.32. The molecule has 0 spiro atoms. The second-order valence-electron chi connectivity index (χ2n) is 5.09. The van der Waals surface area contributed by atoms with Crippen LogP contribution in [0.5, 0.6) is 0 Å². The second kappa shape index (κ2) is 7.36. The molecule has 0 amide bonds.